The zero-order valence-corrected chi connectivity index (χ0v) is 8.38. The monoisotopic (exact) mass is 168 g/mol. The Kier molecular flexibility index (Phi) is 1.76. The zero-order valence-electron chi connectivity index (χ0n) is 8.38. The van der Waals surface area contributed by atoms with Crippen LogP contribution in [0.5, 0.6) is 0 Å². The maximum absolute atomic E-state index is 9.75. The van der Waals surface area contributed by atoms with Gasteiger partial charge in [-0.2, -0.15) is 0 Å². The van der Waals surface area contributed by atoms with E-state index in [2.05, 4.69) is 20.8 Å². The lowest BCUT2D eigenvalue weighted by molar-refractivity contribution is 0.0373. The predicted molar refractivity (Wildman–Crippen MR) is 49.8 cm³/mol. The van der Waals surface area contributed by atoms with Crippen molar-refractivity contribution >= 4 is 0 Å². The SMILES string of the molecule is CC(C)(C)C1CC2CC(O)C1C2. The molecule has 2 fully saturated rings. The van der Waals surface area contributed by atoms with Crippen molar-refractivity contribution in [1.29, 1.82) is 0 Å². The van der Waals surface area contributed by atoms with E-state index in [1.165, 1.54) is 12.8 Å². The summed E-state index contributed by atoms with van der Waals surface area (Å²) in [5.41, 5.74) is 0.404. The highest BCUT2D eigenvalue weighted by Gasteiger charge is 2.49. The van der Waals surface area contributed by atoms with Crippen LogP contribution < -0.4 is 0 Å². The van der Waals surface area contributed by atoms with Crippen molar-refractivity contribution in [2.75, 3.05) is 0 Å². The molecule has 0 heterocycles. The average molecular weight is 168 g/mol. The highest BCUT2D eigenvalue weighted by molar-refractivity contribution is 4.99. The first-order valence-electron chi connectivity index (χ1n) is 5.16. The summed E-state index contributed by atoms with van der Waals surface area (Å²) >= 11 is 0. The van der Waals surface area contributed by atoms with E-state index in [1.54, 1.807) is 0 Å². The molecule has 1 nitrogen and oxygen atoms in total. The van der Waals surface area contributed by atoms with Crippen molar-refractivity contribution in [3.05, 3.63) is 0 Å². The second-order valence-corrected chi connectivity index (χ2v) is 5.78. The van der Waals surface area contributed by atoms with Crippen molar-refractivity contribution < 1.29 is 5.11 Å². The first-order chi connectivity index (χ1) is 5.48. The van der Waals surface area contributed by atoms with E-state index in [4.69, 9.17) is 0 Å². The molecule has 2 aliphatic carbocycles. The molecule has 12 heavy (non-hydrogen) atoms. The van der Waals surface area contributed by atoms with Gasteiger partial charge in [0, 0.05) is 0 Å². The summed E-state index contributed by atoms with van der Waals surface area (Å²) in [7, 11) is 0. The summed E-state index contributed by atoms with van der Waals surface area (Å²) < 4.78 is 0. The number of hydrogen-bond donors (Lipinski definition) is 1. The molecule has 0 spiro atoms. The zero-order chi connectivity index (χ0) is 8.93. The van der Waals surface area contributed by atoms with Crippen LogP contribution in [0.1, 0.15) is 40.0 Å². The van der Waals surface area contributed by atoms with Crippen molar-refractivity contribution in [3.63, 3.8) is 0 Å². The summed E-state index contributed by atoms with van der Waals surface area (Å²) in [6.45, 7) is 6.93. The number of hydrogen-bond acceptors (Lipinski definition) is 1. The van der Waals surface area contributed by atoms with Gasteiger partial charge in [-0.3, -0.25) is 0 Å². The fourth-order valence-electron chi connectivity index (χ4n) is 3.31. The van der Waals surface area contributed by atoms with E-state index >= 15 is 0 Å². The molecule has 0 aromatic heterocycles. The van der Waals surface area contributed by atoms with Gasteiger partial charge < -0.3 is 5.11 Å². The predicted octanol–water partition coefficient (Wildman–Crippen LogP) is 2.44. The van der Waals surface area contributed by atoms with Crippen LogP contribution in [0.25, 0.3) is 0 Å². The quantitative estimate of drug-likeness (QED) is 0.589. The molecule has 1 N–H and O–H groups in total. The third-order valence-electron chi connectivity index (χ3n) is 3.89. The molecule has 1 heteroatoms. The minimum Gasteiger partial charge on any atom is -0.393 e. The summed E-state index contributed by atoms with van der Waals surface area (Å²) in [5, 5.41) is 9.75. The average Bonchev–Trinajstić information content (AvgIpc) is 2.41. The van der Waals surface area contributed by atoms with Crippen LogP contribution in [-0.2, 0) is 0 Å². The lowest BCUT2D eigenvalue weighted by atomic mass is 9.71. The van der Waals surface area contributed by atoms with Gasteiger partial charge in [0.25, 0.3) is 0 Å². The van der Waals surface area contributed by atoms with Gasteiger partial charge in [-0.25, -0.2) is 0 Å². The van der Waals surface area contributed by atoms with Gasteiger partial charge in [-0.15, -0.1) is 0 Å². The minimum absolute atomic E-state index is 0.0213. The highest BCUT2D eigenvalue weighted by Crippen LogP contribution is 2.54. The topological polar surface area (TPSA) is 20.2 Å². The van der Waals surface area contributed by atoms with Gasteiger partial charge in [-0.05, 0) is 42.4 Å². The molecule has 2 aliphatic rings. The van der Waals surface area contributed by atoms with Crippen LogP contribution in [0.15, 0.2) is 0 Å². The first kappa shape index (κ1) is 8.55. The molecule has 0 saturated heterocycles. The molecule has 0 radical (unpaired) electrons. The summed E-state index contributed by atoms with van der Waals surface area (Å²) in [5.74, 6) is 2.23. The van der Waals surface area contributed by atoms with Crippen LogP contribution in [0.2, 0.25) is 0 Å². The van der Waals surface area contributed by atoms with Crippen molar-refractivity contribution in [2.45, 2.75) is 46.1 Å². The van der Waals surface area contributed by atoms with E-state index in [0.717, 1.165) is 18.3 Å². The van der Waals surface area contributed by atoms with Gasteiger partial charge in [0.15, 0.2) is 0 Å². The molecule has 0 amide bonds. The molecule has 2 saturated carbocycles. The van der Waals surface area contributed by atoms with E-state index in [9.17, 15) is 5.11 Å². The molecule has 0 aromatic carbocycles. The third-order valence-corrected chi connectivity index (χ3v) is 3.89. The van der Waals surface area contributed by atoms with Crippen LogP contribution in [0.4, 0.5) is 0 Å². The van der Waals surface area contributed by atoms with Gasteiger partial charge >= 0.3 is 0 Å². The second kappa shape index (κ2) is 2.47. The number of fused-ring (bicyclic) bond motifs is 2. The smallest absolute Gasteiger partial charge is 0.0574 e. The van der Waals surface area contributed by atoms with Gasteiger partial charge in [0.1, 0.15) is 0 Å². The normalized spacial score (nSPS) is 47.0. The molecular weight excluding hydrogens is 148 g/mol. The van der Waals surface area contributed by atoms with Crippen LogP contribution >= 0.6 is 0 Å². The van der Waals surface area contributed by atoms with Crippen LogP contribution in [0.3, 0.4) is 0 Å². The molecule has 2 rings (SSSR count). The van der Waals surface area contributed by atoms with Crippen molar-refractivity contribution in [3.8, 4) is 0 Å². The Morgan fingerprint density at radius 2 is 1.75 bits per heavy atom. The fourth-order valence-corrected chi connectivity index (χ4v) is 3.31. The van der Waals surface area contributed by atoms with Crippen LogP contribution in [-0.4, -0.2) is 11.2 Å². The Morgan fingerprint density at radius 3 is 2.08 bits per heavy atom. The lowest BCUT2D eigenvalue weighted by Crippen LogP contribution is -2.32. The van der Waals surface area contributed by atoms with E-state index in [0.29, 0.717) is 11.3 Å². The Bertz CT molecular complexity index is 180. The van der Waals surface area contributed by atoms with E-state index < -0.39 is 0 Å². The first-order valence-corrected chi connectivity index (χ1v) is 5.16. The van der Waals surface area contributed by atoms with E-state index in [1.807, 2.05) is 0 Å². The Morgan fingerprint density at radius 1 is 1.08 bits per heavy atom. The summed E-state index contributed by atoms with van der Waals surface area (Å²) in [4.78, 5) is 0. The van der Waals surface area contributed by atoms with Crippen LogP contribution in [0, 0.1) is 23.2 Å². The second-order valence-electron chi connectivity index (χ2n) is 5.78. The lowest BCUT2D eigenvalue weighted by Gasteiger charge is -2.36. The van der Waals surface area contributed by atoms with Gasteiger partial charge in [0.2, 0.25) is 0 Å². The Balaban J connectivity index is 2.12. The molecule has 2 bridgehead atoms. The number of aliphatic hydroxyl groups excluding tert-OH is 1. The largest absolute Gasteiger partial charge is 0.393 e. The summed E-state index contributed by atoms with van der Waals surface area (Å²) in [6.07, 6.45) is 3.76. The molecular formula is C11H20O. The van der Waals surface area contributed by atoms with Gasteiger partial charge in [-0.1, -0.05) is 20.8 Å². The highest BCUT2D eigenvalue weighted by atomic mass is 16.3. The molecule has 70 valence electrons. The van der Waals surface area contributed by atoms with Crippen molar-refractivity contribution in [2.24, 2.45) is 23.2 Å². The maximum atomic E-state index is 9.75. The Labute approximate surface area is 75.2 Å². The standard InChI is InChI=1S/C11H20O/c1-11(2,3)9-5-7-4-8(9)10(12)6-7/h7-10,12H,4-6H2,1-3H3. The Hall–Kier alpha value is -0.0400. The third kappa shape index (κ3) is 1.19. The van der Waals surface area contributed by atoms with E-state index in [-0.39, 0.29) is 6.10 Å². The van der Waals surface area contributed by atoms with Crippen molar-refractivity contribution in [1.82, 2.24) is 0 Å². The molecule has 0 aliphatic heterocycles. The summed E-state index contributed by atoms with van der Waals surface area (Å²) in [6, 6.07) is 0. The minimum atomic E-state index is 0.0213. The fraction of sp³-hybridized carbons (Fsp3) is 1.00. The molecule has 4 atom stereocenters. The maximum Gasteiger partial charge on any atom is 0.0574 e. The molecule has 4 unspecified atom stereocenters. The number of rotatable bonds is 0. The van der Waals surface area contributed by atoms with Gasteiger partial charge in [0.05, 0.1) is 6.10 Å². The number of aliphatic hydroxyl groups is 1. The molecule has 0 aromatic rings.